The van der Waals surface area contributed by atoms with E-state index in [0.29, 0.717) is 12.2 Å². The predicted octanol–water partition coefficient (Wildman–Crippen LogP) is 1.80. The van der Waals surface area contributed by atoms with Crippen LogP contribution in [0.1, 0.15) is 15.9 Å². The smallest absolute Gasteiger partial charge is 0.265 e. The Labute approximate surface area is 127 Å². The summed E-state index contributed by atoms with van der Waals surface area (Å²) in [6.45, 7) is 0.373. The molecular weight excluding hydrogens is 278 g/mol. The first-order valence-corrected chi connectivity index (χ1v) is 6.95. The number of aromatic nitrogens is 2. The van der Waals surface area contributed by atoms with Gasteiger partial charge in [-0.2, -0.15) is 0 Å². The zero-order valence-corrected chi connectivity index (χ0v) is 12.1. The fourth-order valence-electron chi connectivity index (χ4n) is 2.42. The highest BCUT2D eigenvalue weighted by Gasteiger charge is 2.15. The molecule has 0 fully saturated rings. The molecule has 0 bridgehead atoms. The molecule has 0 unspecified atom stereocenters. The van der Waals surface area contributed by atoms with Crippen LogP contribution in [0.5, 0.6) is 0 Å². The first-order chi connectivity index (χ1) is 10.7. The van der Waals surface area contributed by atoms with Gasteiger partial charge < -0.3 is 5.32 Å². The van der Waals surface area contributed by atoms with Crippen LogP contribution in [-0.4, -0.2) is 22.5 Å². The molecular formula is C17H15N3O2. The summed E-state index contributed by atoms with van der Waals surface area (Å²) in [7, 11) is 1.51. The van der Waals surface area contributed by atoms with Crippen LogP contribution >= 0.6 is 0 Å². The SMILES string of the molecule is CNC(=O)c1cc2cccnc2n(Cc2ccccc2)c1=O. The summed E-state index contributed by atoms with van der Waals surface area (Å²) in [4.78, 5) is 28.9. The fourth-order valence-corrected chi connectivity index (χ4v) is 2.42. The van der Waals surface area contributed by atoms with Crippen molar-refractivity contribution >= 4 is 16.9 Å². The van der Waals surface area contributed by atoms with Gasteiger partial charge in [-0.25, -0.2) is 4.98 Å². The average molecular weight is 293 g/mol. The zero-order chi connectivity index (χ0) is 15.5. The van der Waals surface area contributed by atoms with Gasteiger partial charge in [0.2, 0.25) is 0 Å². The molecule has 5 nitrogen and oxygen atoms in total. The van der Waals surface area contributed by atoms with Gasteiger partial charge >= 0.3 is 0 Å². The lowest BCUT2D eigenvalue weighted by Gasteiger charge is -2.11. The molecule has 0 radical (unpaired) electrons. The number of hydrogen-bond donors (Lipinski definition) is 1. The molecule has 0 aliphatic rings. The van der Waals surface area contributed by atoms with Gasteiger partial charge in [-0.15, -0.1) is 0 Å². The summed E-state index contributed by atoms with van der Waals surface area (Å²) in [5.74, 6) is -0.391. The highest BCUT2D eigenvalue weighted by molar-refractivity contribution is 5.96. The fraction of sp³-hybridized carbons (Fsp3) is 0.118. The zero-order valence-electron chi connectivity index (χ0n) is 12.1. The molecule has 5 heteroatoms. The Morgan fingerprint density at radius 2 is 1.95 bits per heavy atom. The number of pyridine rings is 2. The normalized spacial score (nSPS) is 10.6. The molecule has 1 N–H and O–H groups in total. The van der Waals surface area contributed by atoms with Gasteiger partial charge in [-0.05, 0) is 23.8 Å². The van der Waals surface area contributed by atoms with Crippen LogP contribution in [0, 0.1) is 0 Å². The number of benzene rings is 1. The van der Waals surface area contributed by atoms with E-state index in [0.717, 1.165) is 10.9 Å². The van der Waals surface area contributed by atoms with Gasteiger partial charge in [0, 0.05) is 18.6 Å². The summed E-state index contributed by atoms with van der Waals surface area (Å²) in [5, 5.41) is 3.27. The largest absolute Gasteiger partial charge is 0.355 e. The third-order valence-corrected chi connectivity index (χ3v) is 3.50. The van der Waals surface area contributed by atoms with Crippen LogP contribution in [0.15, 0.2) is 59.5 Å². The molecule has 0 spiro atoms. The number of carbonyl (C=O) groups is 1. The summed E-state index contributed by atoms with van der Waals surface area (Å²) in [5.41, 5.74) is 1.34. The van der Waals surface area contributed by atoms with E-state index in [1.165, 1.54) is 11.6 Å². The third kappa shape index (κ3) is 2.48. The number of nitrogens with zero attached hydrogens (tertiary/aromatic N) is 2. The number of rotatable bonds is 3. The second-order valence-corrected chi connectivity index (χ2v) is 4.93. The Kier molecular flexibility index (Phi) is 3.70. The van der Waals surface area contributed by atoms with Crippen molar-refractivity contribution in [2.75, 3.05) is 7.05 Å². The van der Waals surface area contributed by atoms with Crippen molar-refractivity contribution in [2.24, 2.45) is 0 Å². The predicted molar refractivity (Wildman–Crippen MR) is 84.9 cm³/mol. The van der Waals surface area contributed by atoms with E-state index in [-0.39, 0.29) is 11.1 Å². The van der Waals surface area contributed by atoms with Crippen LogP contribution in [0.3, 0.4) is 0 Å². The summed E-state index contributed by atoms with van der Waals surface area (Å²) in [6, 6.07) is 14.8. The van der Waals surface area contributed by atoms with E-state index in [4.69, 9.17) is 0 Å². The Bertz CT molecular complexity index is 885. The summed E-state index contributed by atoms with van der Waals surface area (Å²) >= 11 is 0. The molecule has 1 aromatic carbocycles. The minimum absolute atomic E-state index is 0.124. The Hall–Kier alpha value is -2.95. The molecule has 0 atom stereocenters. The minimum atomic E-state index is -0.391. The molecule has 2 aromatic heterocycles. The van der Waals surface area contributed by atoms with Gasteiger partial charge in [0.05, 0.1) is 6.54 Å². The number of carbonyl (C=O) groups excluding carboxylic acids is 1. The molecule has 0 saturated carbocycles. The number of fused-ring (bicyclic) bond motifs is 1. The van der Waals surface area contributed by atoms with Crippen LogP contribution < -0.4 is 10.9 Å². The van der Waals surface area contributed by atoms with Crippen molar-refractivity contribution in [3.05, 3.63) is 76.2 Å². The molecule has 0 saturated heterocycles. The van der Waals surface area contributed by atoms with E-state index in [1.54, 1.807) is 18.3 Å². The number of amides is 1. The molecule has 110 valence electrons. The first kappa shape index (κ1) is 14.0. The molecule has 1 amide bonds. The lowest BCUT2D eigenvalue weighted by atomic mass is 10.1. The maximum absolute atomic E-state index is 12.6. The Balaban J connectivity index is 2.24. The lowest BCUT2D eigenvalue weighted by Crippen LogP contribution is -2.32. The van der Waals surface area contributed by atoms with Crippen molar-refractivity contribution in [1.29, 1.82) is 0 Å². The quantitative estimate of drug-likeness (QED) is 0.801. The average Bonchev–Trinajstić information content (AvgIpc) is 2.57. The van der Waals surface area contributed by atoms with Crippen molar-refractivity contribution in [3.63, 3.8) is 0 Å². The lowest BCUT2D eigenvalue weighted by molar-refractivity contribution is 0.0961. The highest BCUT2D eigenvalue weighted by atomic mass is 16.2. The molecule has 3 aromatic rings. The second kappa shape index (κ2) is 5.81. The minimum Gasteiger partial charge on any atom is -0.355 e. The number of nitrogens with one attached hydrogen (secondary N) is 1. The molecule has 22 heavy (non-hydrogen) atoms. The van der Waals surface area contributed by atoms with Crippen molar-refractivity contribution in [2.45, 2.75) is 6.54 Å². The third-order valence-electron chi connectivity index (χ3n) is 3.50. The topological polar surface area (TPSA) is 64.0 Å². The maximum atomic E-state index is 12.6. The Morgan fingerprint density at radius 3 is 2.68 bits per heavy atom. The maximum Gasteiger partial charge on any atom is 0.265 e. The van der Waals surface area contributed by atoms with E-state index in [1.807, 2.05) is 36.4 Å². The van der Waals surface area contributed by atoms with Gasteiger partial charge in [-0.3, -0.25) is 14.2 Å². The van der Waals surface area contributed by atoms with Crippen LogP contribution in [0.2, 0.25) is 0 Å². The first-order valence-electron chi connectivity index (χ1n) is 6.95. The van der Waals surface area contributed by atoms with Crippen LogP contribution in [0.25, 0.3) is 11.0 Å². The molecule has 0 aliphatic carbocycles. The highest BCUT2D eigenvalue weighted by Crippen LogP contribution is 2.12. The summed E-state index contributed by atoms with van der Waals surface area (Å²) < 4.78 is 1.54. The molecule has 0 aliphatic heterocycles. The van der Waals surface area contributed by atoms with Crippen molar-refractivity contribution < 1.29 is 4.79 Å². The second-order valence-electron chi connectivity index (χ2n) is 4.93. The monoisotopic (exact) mass is 293 g/mol. The summed E-state index contributed by atoms with van der Waals surface area (Å²) in [6.07, 6.45) is 1.64. The molecule has 2 heterocycles. The van der Waals surface area contributed by atoms with Gasteiger partial charge in [0.25, 0.3) is 11.5 Å². The number of hydrogen-bond acceptors (Lipinski definition) is 3. The van der Waals surface area contributed by atoms with E-state index >= 15 is 0 Å². The van der Waals surface area contributed by atoms with E-state index in [9.17, 15) is 9.59 Å². The molecule has 3 rings (SSSR count). The van der Waals surface area contributed by atoms with Gasteiger partial charge in [-0.1, -0.05) is 30.3 Å². The van der Waals surface area contributed by atoms with E-state index in [2.05, 4.69) is 10.3 Å². The standard InChI is InChI=1S/C17H15N3O2/c1-18-16(21)14-10-13-8-5-9-19-15(13)20(17(14)22)11-12-6-3-2-4-7-12/h2-10H,11H2,1H3,(H,18,21). The van der Waals surface area contributed by atoms with Crippen molar-refractivity contribution in [1.82, 2.24) is 14.9 Å². The van der Waals surface area contributed by atoms with Gasteiger partial charge in [0.15, 0.2) is 0 Å². The van der Waals surface area contributed by atoms with Gasteiger partial charge in [0.1, 0.15) is 11.2 Å². The van der Waals surface area contributed by atoms with Crippen molar-refractivity contribution in [3.8, 4) is 0 Å². The van der Waals surface area contributed by atoms with Crippen LogP contribution in [0.4, 0.5) is 0 Å². The van der Waals surface area contributed by atoms with Crippen LogP contribution in [-0.2, 0) is 6.54 Å². The van der Waals surface area contributed by atoms with E-state index < -0.39 is 5.91 Å². The Morgan fingerprint density at radius 1 is 1.18 bits per heavy atom.